The van der Waals surface area contributed by atoms with E-state index >= 15 is 0 Å². The van der Waals surface area contributed by atoms with Crippen molar-refractivity contribution in [3.05, 3.63) is 23.8 Å². The van der Waals surface area contributed by atoms with Crippen LogP contribution in [0.1, 0.15) is 27.7 Å². The van der Waals surface area contributed by atoms with Crippen molar-refractivity contribution in [1.82, 2.24) is 0 Å². The van der Waals surface area contributed by atoms with Crippen LogP contribution in [0.15, 0.2) is 12.1 Å². The monoisotopic (exact) mass is 256 g/mol. The van der Waals surface area contributed by atoms with E-state index in [1.807, 2.05) is 0 Å². The lowest BCUT2D eigenvalue weighted by Gasteiger charge is -2.32. The summed E-state index contributed by atoms with van der Waals surface area (Å²) in [6, 6.07) is 1.80. The van der Waals surface area contributed by atoms with Crippen molar-refractivity contribution in [2.24, 2.45) is 0 Å². The van der Waals surface area contributed by atoms with Gasteiger partial charge in [-0.1, -0.05) is 0 Å². The number of aromatic hydroxyl groups is 1. The van der Waals surface area contributed by atoms with E-state index in [4.69, 9.17) is 9.31 Å². The highest BCUT2D eigenvalue weighted by molar-refractivity contribution is 6.63. The predicted molar refractivity (Wildman–Crippen MR) is 63.7 cm³/mol. The van der Waals surface area contributed by atoms with E-state index in [9.17, 15) is 13.9 Å². The molecule has 6 heteroatoms. The summed E-state index contributed by atoms with van der Waals surface area (Å²) in [4.78, 5) is 0. The maximum Gasteiger partial charge on any atom is 0.501 e. The van der Waals surface area contributed by atoms with Crippen LogP contribution in [0.5, 0.6) is 5.75 Å². The Labute approximate surface area is 105 Å². The number of hydrogen-bond donors (Lipinski definition) is 1. The molecule has 0 bridgehead atoms. The largest absolute Gasteiger partial charge is 0.505 e. The highest BCUT2D eigenvalue weighted by atomic mass is 19.1. The number of phenols is 1. The van der Waals surface area contributed by atoms with Gasteiger partial charge in [-0.25, -0.2) is 8.78 Å². The zero-order chi connectivity index (χ0) is 13.7. The Bertz CT molecular complexity index is 472. The minimum atomic E-state index is -1.12. The van der Waals surface area contributed by atoms with E-state index in [0.29, 0.717) is 0 Å². The van der Waals surface area contributed by atoms with Crippen LogP contribution in [0.3, 0.4) is 0 Å². The Morgan fingerprint density at radius 1 is 1.00 bits per heavy atom. The maximum absolute atomic E-state index is 13.7. The second-order valence-corrected chi connectivity index (χ2v) is 5.38. The van der Waals surface area contributed by atoms with E-state index < -0.39 is 35.7 Å². The Hall–Kier alpha value is -1.14. The lowest BCUT2D eigenvalue weighted by molar-refractivity contribution is 0.00578. The Morgan fingerprint density at radius 2 is 1.44 bits per heavy atom. The van der Waals surface area contributed by atoms with Crippen molar-refractivity contribution in [3.63, 3.8) is 0 Å². The normalized spacial score (nSPS) is 21.3. The molecule has 1 saturated heterocycles. The fourth-order valence-corrected chi connectivity index (χ4v) is 1.74. The fraction of sp³-hybridized carbons (Fsp3) is 0.500. The third-order valence-electron chi connectivity index (χ3n) is 3.60. The number of halogens is 2. The molecule has 0 saturated carbocycles. The molecule has 0 spiro atoms. The van der Waals surface area contributed by atoms with Gasteiger partial charge in [-0.15, -0.1) is 0 Å². The molecule has 0 aromatic heterocycles. The Balaban J connectivity index is 2.44. The molecule has 0 unspecified atom stereocenters. The average molecular weight is 256 g/mol. The molecule has 1 aromatic rings. The zero-order valence-corrected chi connectivity index (χ0v) is 10.8. The van der Waals surface area contributed by atoms with Gasteiger partial charge in [-0.05, 0) is 39.8 Å². The second kappa shape index (κ2) is 3.93. The van der Waals surface area contributed by atoms with Gasteiger partial charge in [0.15, 0.2) is 11.6 Å². The van der Waals surface area contributed by atoms with Gasteiger partial charge in [0, 0.05) is 0 Å². The van der Waals surface area contributed by atoms with E-state index in [1.54, 1.807) is 27.7 Å². The first kappa shape index (κ1) is 13.3. The van der Waals surface area contributed by atoms with Crippen molar-refractivity contribution < 1.29 is 23.2 Å². The molecule has 98 valence electrons. The molecule has 1 N–H and O–H groups in total. The maximum atomic E-state index is 13.7. The van der Waals surface area contributed by atoms with Crippen LogP contribution in [-0.4, -0.2) is 23.4 Å². The number of hydrogen-bond acceptors (Lipinski definition) is 3. The molecule has 0 atom stereocenters. The first-order valence-corrected chi connectivity index (χ1v) is 5.68. The summed E-state index contributed by atoms with van der Waals surface area (Å²) in [7, 11) is -1.12. The molecule has 1 aliphatic heterocycles. The van der Waals surface area contributed by atoms with Gasteiger partial charge in [0.05, 0.1) is 16.7 Å². The van der Waals surface area contributed by atoms with Crippen LogP contribution in [0.25, 0.3) is 0 Å². The molecule has 0 aliphatic carbocycles. The molecular weight excluding hydrogens is 241 g/mol. The number of rotatable bonds is 1. The van der Waals surface area contributed by atoms with Crippen LogP contribution in [0, 0.1) is 11.6 Å². The summed E-state index contributed by atoms with van der Waals surface area (Å²) in [5.41, 5.74) is -1.65. The van der Waals surface area contributed by atoms with Crippen LogP contribution in [0.2, 0.25) is 0 Å². The van der Waals surface area contributed by atoms with Gasteiger partial charge in [0.2, 0.25) is 0 Å². The van der Waals surface area contributed by atoms with E-state index in [-0.39, 0.29) is 5.46 Å². The molecule has 1 heterocycles. The summed E-state index contributed by atoms with van der Waals surface area (Å²) < 4.78 is 38.1. The molecule has 0 radical (unpaired) electrons. The van der Waals surface area contributed by atoms with Gasteiger partial charge in [-0.2, -0.15) is 0 Å². The highest BCUT2D eigenvalue weighted by Crippen LogP contribution is 2.37. The van der Waals surface area contributed by atoms with Gasteiger partial charge in [0.1, 0.15) is 5.82 Å². The fourth-order valence-electron chi connectivity index (χ4n) is 1.74. The van der Waals surface area contributed by atoms with Crippen molar-refractivity contribution in [1.29, 1.82) is 0 Å². The predicted octanol–water partition coefficient (Wildman–Crippen LogP) is 1.97. The molecule has 1 aromatic carbocycles. The molecule has 2 rings (SSSR count). The minimum Gasteiger partial charge on any atom is -0.505 e. The number of benzene rings is 1. The number of phenolic OH excluding ortho intramolecular Hbond substituents is 1. The van der Waals surface area contributed by atoms with E-state index in [0.717, 1.165) is 12.1 Å². The van der Waals surface area contributed by atoms with Crippen LogP contribution in [0.4, 0.5) is 8.78 Å². The third-order valence-corrected chi connectivity index (χ3v) is 3.60. The second-order valence-electron chi connectivity index (χ2n) is 5.38. The van der Waals surface area contributed by atoms with Crippen LogP contribution < -0.4 is 5.46 Å². The Morgan fingerprint density at radius 3 is 1.94 bits per heavy atom. The molecule has 0 amide bonds. The average Bonchev–Trinajstić information content (AvgIpc) is 2.43. The first-order valence-electron chi connectivity index (χ1n) is 5.68. The molecule has 3 nitrogen and oxygen atoms in total. The van der Waals surface area contributed by atoms with Crippen molar-refractivity contribution in [3.8, 4) is 5.75 Å². The Kier molecular flexibility index (Phi) is 2.90. The topological polar surface area (TPSA) is 38.7 Å². The van der Waals surface area contributed by atoms with Gasteiger partial charge >= 0.3 is 7.12 Å². The van der Waals surface area contributed by atoms with Gasteiger partial charge in [0.25, 0.3) is 0 Å². The van der Waals surface area contributed by atoms with Crippen molar-refractivity contribution >= 4 is 12.6 Å². The van der Waals surface area contributed by atoms with Crippen molar-refractivity contribution in [2.45, 2.75) is 38.9 Å². The summed E-state index contributed by atoms with van der Waals surface area (Å²) in [6.07, 6.45) is 0. The molecule has 1 aliphatic rings. The summed E-state index contributed by atoms with van der Waals surface area (Å²) in [5.74, 6) is -2.43. The molecule has 1 fully saturated rings. The lowest BCUT2D eigenvalue weighted by Crippen LogP contribution is -2.41. The van der Waals surface area contributed by atoms with Gasteiger partial charge < -0.3 is 14.4 Å². The lowest BCUT2D eigenvalue weighted by atomic mass is 9.78. The smallest absolute Gasteiger partial charge is 0.501 e. The third kappa shape index (κ3) is 1.89. The van der Waals surface area contributed by atoms with E-state index in [2.05, 4.69) is 0 Å². The standard InChI is InChI=1S/C12H15BF2O3/c1-11(2)12(3,4)18-13(17-11)9-7(14)5-6-8(15)10(9)16/h5-6,16H,1-4H3. The summed E-state index contributed by atoms with van der Waals surface area (Å²) in [6.45, 7) is 7.17. The van der Waals surface area contributed by atoms with Crippen LogP contribution in [-0.2, 0) is 9.31 Å². The summed E-state index contributed by atoms with van der Waals surface area (Å²) >= 11 is 0. The van der Waals surface area contributed by atoms with E-state index in [1.165, 1.54) is 0 Å². The highest BCUT2D eigenvalue weighted by Gasteiger charge is 2.53. The van der Waals surface area contributed by atoms with Crippen LogP contribution >= 0.6 is 0 Å². The van der Waals surface area contributed by atoms with Gasteiger partial charge in [-0.3, -0.25) is 0 Å². The summed E-state index contributed by atoms with van der Waals surface area (Å²) in [5, 5.41) is 9.60. The minimum absolute atomic E-state index is 0.298. The quantitative estimate of drug-likeness (QED) is 0.780. The first-order chi connectivity index (χ1) is 8.16. The molecular formula is C12H15BF2O3. The van der Waals surface area contributed by atoms with Crippen molar-refractivity contribution in [2.75, 3.05) is 0 Å². The zero-order valence-electron chi connectivity index (χ0n) is 10.8. The SMILES string of the molecule is CC1(C)OB(c2c(F)ccc(F)c2O)OC1(C)C. The molecule has 18 heavy (non-hydrogen) atoms.